The second-order valence-electron chi connectivity index (χ2n) is 6.85. The number of nitrogens with zero attached hydrogens (tertiary/aromatic N) is 9. The standard InChI is InChI=1S/C18H18BrN9O/c1-26-9-12(6-22-26)15-8-21-18-17(23-15)24-25-28(18)11-14-10-27(4-5-29-14)16-3-2-13(19)7-20-16/h2-3,6-9,14H,4-5,10-11H2,1H3/t14-/m0/s1. The van der Waals surface area contributed by atoms with Gasteiger partial charge in [-0.05, 0) is 28.1 Å². The monoisotopic (exact) mass is 455 g/mol. The average Bonchev–Trinajstić information content (AvgIpc) is 3.35. The van der Waals surface area contributed by atoms with Gasteiger partial charge in [0.05, 0.1) is 37.3 Å². The number of pyridine rings is 1. The van der Waals surface area contributed by atoms with E-state index in [1.54, 1.807) is 28.0 Å². The van der Waals surface area contributed by atoms with E-state index in [2.05, 4.69) is 51.2 Å². The van der Waals surface area contributed by atoms with Gasteiger partial charge >= 0.3 is 0 Å². The largest absolute Gasteiger partial charge is 0.373 e. The van der Waals surface area contributed by atoms with Gasteiger partial charge in [-0.2, -0.15) is 5.10 Å². The molecule has 5 heterocycles. The molecule has 11 heteroatoms. The van der Waals surface area contributed by atoms with Crippen molar-refractivity contribution in [2.75, 3.05) is 24.6 Å². The number of hydrogen-bond donors (Lipinski definition) is 0. The van der Waals surface area contributed by atoms with Crippen LogP contribution in [-0.2, 0) is 18.3 Å². The minimum absolute atomic E-state index is 0.0427. The van der Waals surface area contributed by atoms with Crippen LogP contribution in [0.25, 0.3) is 22.6 Å². The summed E-state index contributed by atoms with van der Waals surface area (Å²) in [6.45, 7) is 2.70. The highest BCUT2D eigenvalue weighted by atomic mass is 79.9. The molecule has 1 saturated heterocycles. The lowest BCUT2D eigenvalue weighted by Gasteiger charge is -2.33. The molecule has 4 aromatic rings. The van der Waals surface area contributed by atoms with Crippen molar-refractivity contribution >= 4 is 33.0 Å². The van der Waals surface area contributed by atoms with Crippen molar-refractivity contribution in [1.29, 1.82) is 0 Å². The van der Waals surface area contributed by atoms with Crippen molar-refractivity contribution in [2.24, 2.45) is 7.05 Å². The van der Waals surface area contributed by atoms with Gasteiger partial charge in [0, 0.05) is 42.6 Å². The summed E-state index contributed by atoms with van der Waals surface area (Å²) in [6.07, 6.45) is 7.12. The van der Waals surface area contributed by atoms with Gasteiger partial charge in [0.2, 0.25) is 5.65 Å². The smallest absolute Gasteiger partial charge is 0.221 e. The predicted molar refractivity (Wildman–Crippen MR) is 109 cm³/mol. The summed E-state index contributed by atoms with van der Waals surface area (Å²) in [5.74, 6) is 0.936. The number of hydrogen-bond acceptors (Lipinski definition) is 8. The van der Waals surface area contributed by atoms with E-state index in [0.29, 0.717) is 24.4 Å². The van der Waals surface area contributed by atoms with Crippen LogP contribution < -0.4 is 4.90 Å². The fraction of sp³-hybridized carbons (Fsp3) is 0.333. The molecule has 10 nitrogen and oxygen atoms in total. The normalized spacial score (nSPS) is 17.2. The van der Waals surface area contributed by atoms with Crippen LogP contribution in [0.5, 0.6) is 0 Å². The maximum atomic E-state index is 5.94. The summed E-state index contributed by atoms with van der Waals surface area (Å²) < 4.78 is 10.4. The molecular weight excluding hydrogens is 438 g/mol. The fourth-order valence-corrected chi connectivity index (χ4v) is 3.60. The Bertz CT molecular complexity index is 1140. The molecule has 0 bridgehead atoms. The van der Waals surface area contributed by atoms with Crippen LogP contribution in [0.1, 0.15) is 0 Å². The Labute approximate surface area is 174 Å². The Kier molecular flexibility index (Phi) is 4.68. The fourth-order valence-electron chi connectivity index (χ4n) is 3.36. The number of rotatable bonds is 4. The van der Waals surface area contributed by atoms with Gasteiger partial charge in [0.15, 0.2) is 5.65 Å². The molecule has 0 aliphatic carbocycles. The van der Waals surface area contributed by atoms with Crippen molar-refractivity contribution in [3.8, 4) is 11.3 Å². The molecule has 0 spiro atoms. The van der Waals surface area contributed by atoms with Crippen LogP contribution in [0.4, 0.5) is 5.82 Å². The number of halogens is 1. The Morgan fingerprint density at radius 2 is 2.14 bits per heavy atom. The van der Waals surface area contributed by atoms with Crippen LogP contribution in [-0.4, -0.2) is 65.5 Å². The van der Waals surface area contributed by atoms with E-state index in [9.17, 15) is 0 Å². The number of morpholine rings is 1. The Morgan fingerprint density at radius 3 is 2.93 bits per heavy atom. The number of ether oxygens (including phenoxy) is 1. The minimum atomic E-state index is -0.0427. The number of fused-ring (bicyclic) bond motifs is 1. The molecule has 4 aromatic heterocycles. The molecule has 0 N–H and O–H groups in total. The second kappa shape index (κ2) is 7.48. The number of aryl methyl sites for hydroxylation is 1. The number of anilines is 1. The van der Waals surface area contributed by atoms with E-state index in [4.69, 9.17) is 4.74 Å². The van der Waals surface area contributed by atoms with Gasteiger partial charge in [-0.3, -0.25) is 4.68 Å². The SMILES string of the molecule is Cn1cc(-c2cnc3c(nnn3C[C@@H]3CN(c4ccc(Br)cn4)CCO3)n2)cn1. The van der Waals surface area contributed by atoms with E-state index < -0.39 is 0 Å². The highest BCUT2D eigenvalue weighted by Crippen LogP contribution is 2.20. The maximum Gasteiger partial charge on any atom is 0.221 e. The van der Waals surface area contributed by atoms with E-state index in [-0.39, 0.29) is 6.10 Å². The molecule has 148 valence electrons. The lowest BCUT2D eigenvalue weighted by molar-refractivity contribution is 0.0275. The van der Waals surface area contributed by atoms with Gasteiger partial charge in [-0.15, -0.1) is 5.10 Å². The first-order valence-corrected chi connectivity index (χ1v) is 9.98. The predicted octanol–water partition coefficient (Wildman–Crippen LogP) is 1.68. The summed E-state index contributed by atoms with van der Waals surface area (Å²) in [6, 6.07) is 4.00. The van der Waals surface area contributed by atoms with Gasteiger partial charge in [-0.1, -0.05) is 5.21 Å². The quantitative estimate of drug-likeness (QED) is 0.458. The molecule has 0 aromatic carbocycles. The molecule has 1 atom stereocenters. The van der Waals surface area contributed by atoms with E-state index in [1.165, 1.54) is 0 Å². The zero-order valence-corrected chi connectivity index (χ0v) is 17.3. The lowest BCUT2D eigenvalue weighted by Crippen LogP contribution is -2.44. The van der Waals surface area contributed by atoms with Gasteiger partial charge in [0.1, 0.15) is 5.82 Å². The van der Waals surface area contributed by atoms with E-state index >= 15 is 0 Å². The van der Waals surface area contributed by atoms with Crippen LogP contribution >= 0.6 is 15.9 Å². The van der Waals surface area contributed by atoms with Gasteiger partial charge in [-0.25, -0.2) is 19.6 Å². The first-order valence-electron chi connectivity index (χ1n) is 9.19. The molecule has 0 saturated carbocycles. The average molecular weight is 456 g/mol. The molecule has 0 radical (unpaired) electrons. The molecule has 5 rings (SSSR count). The van der Waals surface area contributed by atoms with Gasteiger partial charge < -0.3 is 9.64 Å². The molecule has 29 heavy (non-hydrogen) atoms. The van der Waals surface area contributed by atoms with E-state index in [0.717, 1.165) is 34.6 Å². The minimum Gasteiger partial charge on any atom is -0.373 e. The molecule has 1 fully saturated rings. The molecule has 1 aliphatic rings. The van der Waals surface area contributed by atoms with Crippen LogP contribution in [0.2, 0.25) is 0 Å². The molecule has 0 amide bonds. The second-order valence-corrected chi connectivity index (χ2v) is 7.77. The Balaban J connectivity index is 1.34. The third kappa shape index (κ3) is 3.70. The third-order valence-corrected chi connectivity index (χ3v) is 5.25. The summed E-state index contributed by atoms with van der Waals surface area (Å²) in [5.41, 5.74) is 2.76. The van der Waals surface area contributed by atoms with Crippen molar-refractivity contribution in [3.05, 3.63) is 41.4 Å². The van der Waals surface area contributed by atoms with Crippen LogP contribution in [0, 0.1) is 0 Å². The highest BCUT2D eigenvalue weighted by Gasteiger charge is 2.23. The zero-order chi connectivity index (χ0) is 19.8. The van der Waals surface area contributed by atoms with Crippen molar-refractivity contribution in [3.63, 3.8) is 0 Å². The lowest BCUT2D eigenvalue weighted by atomic mass is 10.2. The summed E-state index contributed by atoms with van der Waals surface area (Å²) in [7, 11) is 1.86. The zero-order valence-electron chi connectivity index (χ0n) is 15.7. The maximum absolute atomic E-state index is 5.94. The van der Waals surface area contributed by atoms with E-state index in [1.807, 2.05) is 25.4 Å². The summed E-state index contributed by atoms with van der Waals surface area (Å²) >= 11 is 3.42. The first kappa shape index (κ1) is 18.1. The molecule has 0 unspecified atom stereocenters. The molecular formula is C18H18BrN9O. The van der Waals surface area contributed by atoms with Crippen molar-refractivity contribution < 1.29 is 4.74 Å². The first-order chi connectivity index (χ1) is 14.2. The number of aromatic nitrogens is 8. The van der Waals surface area contributed by atoms with Crippen LogP contribution in [0.3, 0.4) is 0 Å². The van der Waals surface area contributed by atoms with Crippen molar-refractivity contribution in [1.82, 2.24) is 39.7 Å². The molecule has 1 aliphatic heterocycles. The van der Waals surface area contributed by atoms with Gasteiger partial charge in [0.25, 0.3) is 0 Å². The van der Waals surface area contributed by atoms with Crippen molar-refractivity contribution in [2.45, 2.75) is 12.6 Å². The highest BCUT2D eigenvalue weighted by molar-refractivity contribution is 9.10. The van der Waals surface area contributed by atoms with Crippen LogP contribution in [0.15, 0.2) is 41.4 Å². The Hall–Kier alpha value is -2.92. The third-order valence-electron chi connectivity index (χ3n) is 4.78. The Morgan fingerprint density at radius 1 is 1.21 bits per heavy atom. The summed E-state index contributed by atoms with van der Waals surface area (Å²) in [5, 5.41) is 12.6. The summed E-state index contributed by atoms with van der Waals surface area (Å²) in [4.78, 5) is 15.8. The topological polar surface area (TPSA) is 99.7 Å².